The summed E-state index contributed by atoms with van der Waals surface area (Å²) >= 11 is 0. The number of ether oxygens (including phenoxy) is 1. The first-order chi connectivity index (χ1) is 20.0. The lowest BCUT2D eigenvalue weighted by Gasteiger charge is -2.40. The van der Waals surface area contributed by atoms with Crippen molar-refractivity contribution in [3.63, 3.8) is 0 Å². The summed E-state index contributed by atoms with van der Waals surface area (Å²) in [6.07, 6.45) is 1.62. The molecule has 0 saturated heterocycles. The Kier molecular flexibility index (Phi) is 11.9. The number of nitrogens with one attached hydrogen (secondary N) is 1. The largest absolute Gasteiger partial charge is 0.481 e. The quantitative estimate of drug-likeness (QED) is 0.238. The fourth-order valence-corrected chi connectivity index (χ4v) is 5.29. The minimum Gasteiger partial charge on any atom is -0.481 e. The van der Waals surface area contributed by atoms with Gasteiger partial charge in [-0.15, -0.1) is 0 Å². The first-order valence-electron chi connectivity index (χ1n) is 14.5. The Morgan fingerprint density at radius 1 is 0.976 bits per heavy atom. The van der Waals surface area contributed by atoms with E-state index in [0.29, 0.717) is 19.4 Å². The molecule has 3 aromatic rings. The fourth-order valence-electron chi connectivity index (χ4n) is 5.29. The van der Waals surface area contributed by atoms with Crippen LogP contribution in [0.2, 0.25) is 0 Å². The Morgan fingerprint density at radius 3 is 2.29 bits per heavy atom. The highest BCUT2D eigenvalue weighted by Crippen LogP contribution is 2.29. The predicted molar refractivity (Wildman–Crippen MR) is 166 cm³/mol. The lowest BCUT2D eigenvalue weighted by Crippen LogP contribution is -2.51. The summed E-state index contributed by atoms with van der Waals surface area (Å²) in [5.41, 5.74) is 4.93. The fraction of sp³-hybridized carbons (Fsp3) is 0.400. The van der Waals surface area contributed by atoms with Gasteiger partial charge in [-0.1, -0.05) is 91.3 Å². The monoisotopic (exact) mass is 572 g/mol. The maximum absolute atomic E-state index is 13.4. The molecule has 3 aromatic carbocycles. The van der Waals surface area contributed by atoms with E-state index in [4.69, 9.17) is 4.74 Å². The third kappa shape index (κ3) is 8.76. The number of benzene rings is 3. The van der Waals surface area contributed by atoms with E-state index < -0.39 is 23.3 Å². The van der Waals surface area contributed by atoms with E-state index in [1.54, 1.807) is 26.0 Å². The lowest BCUT2D eigenvalue weighted by molar-refractivity contribution is -0.143. The number of carboxylic acids is 1. The molecule has 0 spiro atoms. The molecule has 0 aliphatic carbocycles. The molecule has 0 radical (unpaired) electrons. The number of hydrogen-bond donors (Lipinski definition) is 2. The van der Waals surface area contributed by atoms with Gasteiger partial charge in [0.25, 0.3) is 0 Å². The van der Waals surface area contributed by atoms with E-state index in [2.05, 4.69) is 54.7 Å². The van der Waals surface area contributed by atoms with Gasteiger partial charge in [0.15, 0.2) is 0 Å². The molecule has 42 heavy (non-hydrogen) atoms. The number of methoxy groups -OCH3 is 1. The summed E-state index contributed by atoms with van der Waals surface area (Å²) in [5.74, 6) is -2.66. The second-order valence-electron chi connectivity index (χ2n) is 11.4. The Morgan fingerprint density at radius 2 is 1.67 bits per heavy atom. The third-order valence-corrected chi connectivity index (χ3v) is 8.01. The first-order valence-corrected chi connectivity index (χ1v) is 14.5. The summed E-state index contributed by atoms with van der Waals surface area (Å²) in [4.78, 5) is 39.6. The summed E-state index contributed by atoms with van der Waals surface area (Å²) < 4.78 is 5.46. The van der Waals surface area contributed by atoms with E-state index in [1.165, 1.54) is 11.1 Å². The zero-order valence-corrected chi connectivity index (χ0v) is 25.4. The number of carbonyl (C=O) groups is 3. The van der Waals surface area contributed by atoms with E-state index in [1.807, 2.05) is 43.3 Å². The van der Waals surface area contributed by atoms with E-state index >= 15 is 0 Å². The number of rotatable bonds is 15. The molecule has 0 unspecified atom stereocenters. The standard InChI is InChI=1S/C35H44N2O5/c1-25-11-9-13-29(21-25)28-19-17-27(18-20-28)12-10-14-30(22-32(38)39)33(40)36-23-26(2)34(41)37(4)35(3,24-42-5)31-15-7-6-8-16-31/h6-9,11,13,15-21,26,30H,10,12,14,22-24H2,1-5H3,(H,36,40)(H,38,39)/t26-,30+,35+/m0/s1. The normalized spacial score (nSPS) is 13.9. The van der Waals surface area contributed by atoms with Crippen molar-refractivity contribution in [2.24, 2.45) is 11.8 Å². The Bertz CT molecular complexity index is 1320. The van der Waals surface area contributed by atoms with Crippen molar-refractivity contribution in [3.05, 3.63) is 95.6 Å². The average Bonchev–Trinajstić information content (AvgIpc) is 2.99. The second kappa shape index (κ2) is 15.3. The molecule has 0 heterocycles. The third-order valence-electron chi connectivity index (χ3n) is 8.01. The van der Waals surface area contributed by atoms with Crippen LogP contribution in [0.1, 0.15) is 49.8 Å². The molecule has 3 atom stereocenters. The number of hydrogen-bond acceptors (Lipinski definition) is 4. The average molecular weight is 573 g/mol. The number of likely N-dealkylation sites (N-methyl/N-ethyl adjacent to an activating group) is 1. The Balaban J connectivity index is 1.56. The molecular weight excluding hydrogens is 528 g/mol. The number of nitrogens with zero attached hydrogens (tertiary/aromatic N) is 1. The van der Waals surface area contributed by atoms with Crippen molar-refractivity contribution in [2.45, 2.75) is 52.0 Å². The van der Waals surface area contributed by atoms with Crippen LogP contribution in [0, 0.1) is 18.8 Å². The van der Waals surface area contributed by atoms with Crippen LogP contribution < -0.4 is 5.32 Å². The minimum absolute atomic E-state index is 0.121. The van der Waals surface area contributed by atoms with E-state index in [-0.39, 0.29) is 24.8 Å². The molecule has 2 amide bonds. The van der Waals surface area contributed by atoms with Gasteiger partial charge >= 0.3 is 5.97 Å². The van der Waals surface area contributed by atoms with Gasteiger partial charge in [0.05, 0.1) is 24.5 Å². The summed E-state index contributed by atoms with van der Waals surface area (Å²) in [6, 6.07) is 26.4. The Labute approximate surface area is 249 Å². The first kappa shape index (κ1) is 32.5. The highest BCUT2D eigenvalue weighted by Gasteiger charge is 2.36. The van der Waals surface area contributed by atoms with Gasteiger partial charge in [0.2, 0.25) is 11.8 Å². The van der Waals surface area contributed by atoms with Crippen LogP contribution in [0.15, 0.2) is 78.9 Å². The smallest absolute Gasteiger partial charge is 0.304 e. The molecule has 0 bridgehead atoms. The van der Waals surface area contributed by atoms with Gasteiger partial charge in [-0.05, 0) is 55.4 Å². The van der Waals surface area contributed by atoms with Gasteiger partial charge in [-0.25, -0.2) is 0 Å². The van der Waals surface area contributed by atoms with Crippen molar-refractivity contribution < 1.29 is 24.2 Å². The molecule has 0 aliphatic rings. The number of aliphatic carboxylic acids is 1. The van der Waals surface area contributed by atoms with Crippen molar-refractivity contribution in [2.75, 3.05) is 27.3 Å². The molecule has 0 aliphatic heterocycles. The number of amides is 2. The number of carbonyl (C=O) groups excluding carboxylic acids is 2. The molecule has 7 heteroatoms. The molecule has 0 aromatic heterocycles. The van der Waals surface area contributed by atoms with Crippen LogP contribution >= 0.6 is 0 Å². The molecular formula is C35H44N2O5. The predicted octanol–water partition coefficient (Wildman–Crippen LogP) is 5.85. The Hall–Kier alpha value is -3.97. The van der Waals surface area contributed by atoms with Crippen LogP contribution in [0.3, 0.4) is 0 Å². The van der Waals surface area contributed by atoms with Gasteiger partial charge in [-0.3, -0.25) is 14.4 Å². The molecule has 3 rings (SSSR count). The number of carboxylic acid groups (broad SMARTS) is 1. The lowest BCUT2D eigenvalue weighted by atomic mass is 9.90. The molecule has 224 valence electrons. The summed E-state index contributed by atoms with van der Waals surface area (Å²) in [5, 5.41) is 12.3. The van der Waals surface area contributed by atoms with Crippen LogP contribution in [-0.2, 0) is 31.1 Å². The van der Waals surface area contributed by atoms with Crippen molar-refractivity contribution in [1.29, 1.82) is 0 Å². The molecule has 7 nitrogen and oxygen atoms in total. The van der Waals surface area contributed by atoms with Gasteiger partial charge in [0.1, 0.15) is 0 Å². The zero-order valence-electron chi connectivity index (χ0n) is 25.4. The molecule has 0 saturated carbocycles. The van der Waals surface area contributed by atoms with Gasteiger partial charge < -0.3 is 20.1 Å². The minimum atomic E-state index is -1.01. The maximum Gasteiger partial charge on any atom is 0.304 e. The SMILES string of the molecule is COC[C@](C)(c1ccccc1)N(C)C(=O)[C@@H](C)CNC(=O)[C@H](CCCc1ccc(-c2cccc(C)c2)cc1)CC(=O)O. The van der Waals surface area contributed by atoms with Crippen molar-refractivity contribution in [1.82, 2.24) is 10.2 Å². The highest BCUT2D eigenvalue weighted by molar-refractivity contribution is 5.84. The van der Waals surface area contributed by atoms with Crippen molar-refractivity contribution in [3.8, 4) is 11.1 Å². The summed E-state index contributed by atoms with van der Waals surface area (Å²) in [6.45, 7) is 6.23. The maximum atomic E-state index is 13.4. The van der Waals surface area contributed by atoms with E-state index in [0.717, 1.165) is 23.1 Å². The van der Waals surface area contributed by atoms with Gasteiger partial charge in [0, 0.05) is 26.6 Å². The second-order valence-corrected chi connectivity index (χ2v) is 11.4. The summed E-state index contributed by atoms with van der Waals surface area (Å²) in [7, 11) is 3.35. The number of aryl methyl sites for hydroxylation is 2. The molecule has 0 fully saturated rings. The van der Waals surface area contributed by atoms with Crippen LogP contribution in [0.4, 0.5) is 0 Å². The van der Waals surface area contributed by atoms with Gasteiger partial charge in [-0.2, -0.15) is 0 Å². The zero-order chi connectivity index (χ0) is 30.7. The molecule has 2 N–H and O–H groups in total. The highest BCUT2D eigenvalue weighted by atomic mass is 16.5. The van der Waals surface area contributed by atoms with Crippen molar-refractivity contribution >= 4 is 17.8 Å². The van der Waals surface area contributed by atoms with Crippen LogP contribution in [0.5, 0.6) is 0 Å². The van der Waals surface area contributed by atoms with E-state index in [9.17, 15) is 19.5 Å². The van der Waals surface area contributed by atoms with Crippen LogP contribution in [-0.4, -0.2) is 55.1 Å². The topological polar surface area (TPSA) is 95.9 Å². The van der Waals surface area contributed by atoms with Crippen LogP contribution in [0.25, 0.3) is 11.1 Å².